The van der Waals surface area contributed by atoms with Gasteiger partial charge in [-0.25, -0.2) is 13.6 Å². The van der Waals surface area contributed by atoms with Gasteiger partial charge < -0.3 is 5.32 Å². The number of hydrogen-bond acceptors (Lipinski definition) is 3. The number of primary sulfonamides is 1. The Bertz CT molecular complexity index is 841. The first-order chi connectivity index (χ1) is 11.2. The lowest BCUT2D eigenvalue weighted by molar-refractivity contribution is 0.102. The van der Waals surface area contributed by atoms with Crippen LogP contribution in [0.4, 0.5) is 5.69 Å². The van der Waals surface area contributed by atoms with Gasteiger partial charge in [0, 0.05) is 11.3 Å². The average molecular weight is 346 g/mol. The maximum absolute atomic E-state index is 12.3. The molecule has 2 aromatic rings. The van der Waals surface area contributed by atoms with Crippen LogP contribution >= 0.6 is 0 Å². The van der Waals surface area contributed by atoms with Gasteiger partial charge >= 0.3 is 0 Å². The number of aryl methyl sites for hydroxylation is 1. The molecule has 128 valence electrons. The van der Waals surface area contributed by atoms with Crippen LogP contribution in [0.15, 0.2) is 47.4 Å². The number of carbonyl (C=O) groups excluding carboxylic acids is 1. The second-order valence-electron chi connectivity index (χ2n) is 6.27. The van der Waals surface area contributed by atoms with Gasteiger partial charge in [0.1, 0.15) is 0 Å². The van der Waals surface area contributed by atoms with Crippen LogP contribution in [0.3, 0.4) is 0 Å². The van der Waals surface area contributed by atoms with E-state index in [4.69, 9.17) is 5.14 Å². The molecular formula is C18H22N2O3S. The molecule has 2 aromatic carbocycles. The molecule has 0 aliphatic rings. The van der Waals surface area contributed by atoms with E-state index in [9.17, 15) is 13.2 Å². The molecule has 2 rings (SSSR count). The predicted octanol–water partition coefficient (Wildman–Crippen LogP) is 3.09. The third-order valence-corrected chi connectivity index (χ3v) is 4.67. The fourth-order valence-corrected chi connectivity index (χ4v) is 3.26. The number of nitrogens with two attached hydrogens (primary N) is 1. The number of carbonyl (C=O) groups is 1. The van der Waals surface area contributed by atoms with Crippen molar-refractivity contribution in [1.82, 2.24) is 0 Å². The van der Waals surface area contributed by atoms with Crippen LogP contribution in [0.2, 0.25) is 0 Å². The molecule has 3 N–H and O–H groups in total. The van der Waals surface area contributed by atoms with Crippen molar-refractivity contribution in [3.05, 3.63) is 59.2 Å². The van der Waals surface area contributed by atoms with E-state index < -0.39 is 10.0 Å². The van der Waals surface area contributed by atoms with Crippen molar-refractivity contribution in [2.24, 2.45) is 11.1 Å². The topological polar surface area (TPSA) is 89.3 Å². The highest BCUT2D eigenvalue weighted by atomic mass is 32.2. The lowest BCUT2D eigenvalue weighted by atomic mass is 10.0. The highest BCUT2D eigenvalue weighted by Crippen LogP contribution is 2.20. The first-order valence-corrected chi connectivity index (χ1v) is 9.25. The SMILES string of the molecule is Cc1ccc(NC(=O)c2ccc(CC(C)C)cc2)cc1S(N)(=O)=O. The molecule has 0 heterocycles. The lowest BCUT2D eigenvalue weighted by Gasteiger charge is -2.10. The minimum Gasteiger partial charge on any atom is -0.322 e. The molecule has 0 atom stereocenters. The summed E-state index contributed by atoms with van der Waals surface area (Å²) in [7, 11) is -3.82. The van der Waals surface area contributed by atoms with Crippen LogP contribution < -0.4 is 10.5 Å². The Morgan fingerprint density at radius 3 is 2.29 bits per heavy atom. The van der Waals surface area contributed by atoms with Gasteiger partial charge in [-0.3, -0.25) is 4.79 Å². The number of amides is 1. The van der Waals surface area contributed by atoms with Crippen molar-refractivity contribution < 1.29 is 13.2 Å². The summed E-state index contributed by atoms with van der Waals surface area (Å²) in [6.07, 6.45) is 0.956. The van der Waals surface area contributed by atoms with E-state index in [1.165, 1.54) is 11.6 Å². The Hall–Kier alpha value is -2.18. The van der Waals surface area contributed by atoms with Gasteiger partial charge in [-0.15, -0.1) is 0 Å². The summed E-state index contributed by atoms with van der Waals surface area (Å²) >= 11 is 0. The fraction of sp³-hybridized carbons (Fsp3) is 0.278. The Balaban J connectivity index is 2.18. The predicted molar refractivity (Wildman–Crippen MR) is 95.5 cm³/mol. The standard InChI is InChI=1S/C18H22N2O3S/c1-12(2)10-14-5-7-15(8-6-14)18(21)20-16-9-4-13(3)17(11-16)24(19,22)23/h4-9,11-12H,10H2,1-3H3,(H,20,21)(H2,19,22,23). The number of hydrogen-bond donors (Lipinski definition) is 2. The van der Waals surface area contributed by atoms with Crippen LogP contribution in [0.25, 0.3) is 0 Å². The zero-order valence-electron chi connectivity index (χ0n) is 14.0. The second kappa shape index (κ2) is 7.15. The van der Waals surface area contributed by atoms with Crippen LogP contribution in [-0.4, -0.2) is 14.3 Å². The van der Waals surface area contributed by atoms with Crippen LogP contribution in [0, 0.1) is 12.8 Å². The summed E-state index contributed by atoms with van der Waals surface area (Å²) in [5.74, 6) is 0.254. The summed E-state index contributed by atoms with van der Waals surface area (Å²) < 4.78 is 23.1. The highest BCUT2D eigenvalue weighted by molar-refractivity contribution is 7.89. The zero-order chi connectivity index (χ0) is 17.9. The molecule has 0 aliphatic heterocycles. The molecule has 0 fully saturated rings. The first kappa shape index (κ1) is 18.2. The minimum absolute atomic E-state index is 0.00702. The quantitative estimate of drug-likeness (QED) is 0.872. The van der Waals surface area contributed by atoms with E-state index in [1.54, 1.807) is 31.2 Å². The van der Waals surface area contributed by atoms with Crippen molar-refractivity contribution in [2.45, 2.75) is 32.1 Å². The Morgan fingerprint density at radius 1 is 1.12 bits per heavy atom. The van der Waals surface area contributed by atoms with Crippen molar-refractivity contribution in [3.8, 4) is 0 Å². The van der Waals surface area contributed by atoms with Gasteiger partial charge in [-0.2, -0.15) is 0 Å². The third kappa shape index (κ3) is 4.66. The van der Waals surface area contributed by atoms with Crippen molar-refractivity contribution in [3.63, 3.8) is 0 Å². The van der Waals surface area contributed by atoms with Crippen LogP contribution in [0.1, 0.15) is 35.3 Å². The fourth-order valence-electron chi connectivity index (χ4n) is 2.45. The molecular weight excluding hydrogens is 324 g/mol. The Morgan fingerprint density at radius 2 is 1.75 bits per heavy atom. The average Bonchev–Trinajstić information content (AvgIpc) is 2.48. The molecule has 0 radical (unpaired) electrons. The number of rotatable bonds is 5. The lowest BCUT2D eigenvalue weighted by Crippen LogP contribution is -2.16. The summed E-state index contributed by atoms with van der Waals surface area (Å²) in [6.45, 7) is 5.93. The summed E-state index contributed by atoms with van der Waals surface area (Å²) in [5, 5.41) is 7.88. The van der Waals surface area contributed by atoms with E-state index in [0.717, 1.165) is 6.42 Å². The van der Waals surface area contributed by atoms with Crippen molar-refractivity contribution in [1.29, 1.82) is 0 Å². The van der Waals surface area contributed by atoms with Gasteiger partial charge in [0.05, 0.1) is 4.90 Å². The molecule has 0 bridgehead atoms. The van der Waals surface area contributed by atoms with Crippen LogP contribution in [0.5, 0.6) is 0 Å². The molecule has 24 heavy (non-hydrogen) atoms. The maximum Gasteiger partial charge on any atom is 0.255 e. The molecule has 0 saturated heterocycles. The van der Waals surface area contributed by atoms with E-state index in [-0.39, 0.29) is 10.8 Å². The second-order valence-corrected chi connectivity index (χ2v) is 7.80. The molecule has 5 nitrogen and oxygen atoms in total. The van der Waals surface area contributed by atoms with Gasteiger partial charge in [0.15, 0.2) is 0 Å². The number of sulfonamides is 1. The van der Waals surface area contributed by atoms with Gasteiger partial charge in [-0.05, 0) is 54.7 Å². The largest absolute Gasteiger partial charge is 0.322 e. The molecule has 0 spiro atoms. The number of nitrogens with one attached hydrogen (secondary N) is 1. The monoisotopic (exact) mass is 346 g/mol. The van der Waals surface area contributed by atoms with Gasteiger partial charge in [0.2, 0.25) is 10.0 Å². The van der Waals surface area contributed by atoms with Crippen LogP contribution in [-0.2, 0) is 16.4 Å². The van der Waals surface area contributed by atoms with Crippen molar-refractivity contribution in [2.75, 3.05) is 5.32 Å². The van der Waals surface area contributed by atoms with E-state index in [0.29, 0.717) is 22.7 Å². The third-order valence-electron chi connectivity index (χ3n) is 3.61. The zero-order valence-corrected chi connectivity index (χ0v) is 14.9. The normalized spacial score (nSPS) is 11.5. The smallest absolute Gasteiger partial charge is 0.255 e. The summed E-state index contributed by atoms with van der Waals surface area (Å²) in [5.41, 5.74) is 2.61. The molecule has 6 heteroatoms. The highest BCUT2D eigenvalue weighted by Gasteiger charge is 2.13. The molecule has 0 saturated carbocycles. The Kier molecular flexibility index (Phi) is 5.41. The maximum atomic E-state index is 12.3. The first-order valence-electron chi connectivity index (χ1n) is 7.70. The summed E-state index contributed by atoms with van der Waals surface area (Å²) in [6, 6.07) is 12.0. The van der Waals surface area contributed by atoms with Crippen molar-refractivity contribution >= 4 is 21.6 Å². The number of benzene rings is 2. The Labute approximate surface area is 142 Å². The molecule has 1 amide bonds. The van der Waals surface area contributed by atoms with E-state index in [2.05, 4.69) is 19.2 Å². The summed E-state index contributed by atoms with van der Waals surface area (Å²) in [4.78, 5) is 12.3. The van der Waals surface area contributed by atoms with E-state index in [1.807, 2.05) is 12.1 Å². The minimum atomic E-state index is -3.82. The number of anilines is 1. The molecule has 0 aromatic heterocycles. The molecule has 0 aliphatic carbocycles. The van der Waals surface area contributed by atoms with Gasteiger partial charge in [0.25, 0.3) is 5.91 Å². The molecule has 0 unspecified atom stereocenters. The van der Waals surface area contributed by atoms with E-state index >= 15 is 0 Å². The van der Waals surface area contributed by atoms with Gasteiger partial charge in [-0.1, -0.05) is 32.0 Å².